The number of nitrogen functional groups attached to an aromatic ring is 1. The summed E-state index contributed by atoms with van der Waals surface area (Å²) in [6.07, 6.45) is -1.27. The number of hydrogen-bond donors (Lipinski definition) is 6. The number of nitrogens with two attached hydrogens (primary N) is 1. The number of anilines is 1. The summed E-state index contributed by atoms with van der Waals surface area (Å²) in [7, 11) is -4.99. The molecule has 0 aliphatic carbocycles. The largest absolute Gasteiger partial charge is 0.469 e. The minimum atomic E-state index is -4.99. The van der Waals surface area contributed by atoms with E-state index in [9.17, 15) is 19.9 Å². The summed E-state index contributed by atoms with van der Waals surface area (Å²) in [6.45, 7) is -0.988. The Bertz CT molecular complexity index is 1140. The van der Waals surface area contributed by atoms with Crippen molar-refractivity contribution >= 4 is 24.8 Å². The van der Waals surface area contributed by atoms with Crippen molar-refractivity contribution in [2.45, 2.75) is 23.9 Å². The molecule has 0 radical (unpaired) electrons. The predicted octanol–water partition coefficient (Wildman–Crippen LogP) is -1.14. The number of imidazole rings is 1. The van der Waals surface area contributed by atoms with Gasteiger partial charge in [-0.3, -0.25) is 9.09 Å². The molecule has 0 amide bonds. The van der Waals surface area contributed by atoms with Gasteiger partial charge in [-0.05, 0) is 12.1 Å². The number of ether oxygens (including phenoxy) is 2. The smallest absolute Gasteiger partial charge is 0.453 e. The monoisotopic (exact) mass is 455 g/mol. The topological polar surface area (TPSA) is 216 Å². The molecule has 4 rings (SSSR count). The van der Waals surface area contributed by atoms with Crippen LogP contribution in [0, 0.1) is 0 Å². The maximum atomic E-state index is 11.3. The van der Waals surface area contributed by atoms with Crippen LogP contribution in [0.4, 0.5) is 5.82 Å². The van der Waals surface area contributed by atoms with E-state index in [4.69, 9.17) is 25.0 Å². The molecule has 14 nitrogen and oxygen atoms in total. The SMILES string of the molecule is Nc1ncnc2c1ncn2[C@@H]1O[C@H](COP(=O)(O)O)C(O)(O)[C@]1(O)Oc1ccccc1. The third-order valence-corrected chi connectivity index (χ3v) is 5.14. The molecule has 0 bridgehead atoms. The number of phosphoric ester groups is 1. The van der Waals surface area contributed by atoms with Gasteiger partial charge in [0.25, 0.3) is 5.79 Å². The fourth-order valence-corrected chi connectivity index (χ4v) is 3.49. The molecule has 166 valence electrons. The van der Waals surface area contributed by atoms with E-state index in [2.05, 4.69) is 19.5 Å². The van der Waals surface area contributed by atoms with Gasteiger partial charge in [0.2, 0.25) is 6.23 Å². The average Bonchev–Trinajstić information content (AvgIpc) is 3.19. The number of fused-ring (bicyclic) bond motifs is 1. The number of aromatic nitrogens is 4. The van der Waals surface area contributed by atoms with E-state index in [0.29, 0.717) is 0 Å². The number of phosphoric acid groups is 1. The Morgan fingerprint density at radius 3 is 2.55 bits per heavy atom. The lowest BCUT2D eigenvalue weighted by Gasteiger charge is -2.36. The van der Waals surface area contributed by atoms with E-state index < -0.39 is 38.3 Å². The minimum Gasteiger partial charge on any atom is -0.453 e. The zero-order valence-corrected chi connectivity index (χ0v) is 16.5. The van der Waals surface area contributed by atoms with Gasteiger partial charge in [-0.25, -0.2) is 19.5 Å². The second-order valence-electron chi connectivity index (χ2n) is 6.68. The second kappa shape index (κ2) is 7.47. The van der Waals surface area contributed by atoms with Crippen LogP contribution in [-0.2, 0) is 13.8 Å². The van der Waals surface area contributed by atoms with E-state index in [-0.39, 0.29) is 22.7 Å². The molecule has 1 aliphatic rings. The third-order valence-electron chi connectivity index (χ3n) is 4.65. The molecule has 0 spiro atoms. The zero-order chi connectivity index (χ0) is 22.4. The lowest BCUT2D eigenvalue weighted by atomic mass is 10.0. The molecule has 15 heteroatoms. The van der Waals surface area contributed by atoms with Gasteiger partial charge in [0.05, 0.1) is 12.9 Å². The Morgan fingerprint density at radius 2 is 1.87 bits per heavy atom. The Hall–Kier alpha value is -2.68. The van der Waals surface area contributed by atoms with Gasteiger partial charge < -0.3 is 40.3 Å². The highest BCUT2D eigenvalue weighted by atomic mass is 31.2. The standard InChI is InChI=1S/C16H18N5O9P/c17-12-11-13(19-7-18-12)21(8-20-11)14-16(24,30-9-4-2-1-3-5-9)15(22,23)10(29-14)6-28-31(25,26)27/h1-5,7-8,10,14,22-24H,6H2,(H2,17,18,19)(H2,25,26,27)/t10-,14-,16-/m1/s1. The van der Waals surface area contributed by atoms with E-state index in [1.54, 1.807) is 18.2 Å². The predicted molar refractivity (Wildman–Crippen MR) is 101 cm³/mol. The number of nitrogens with zero attached hydrogens (tertiary/aromatic N) is 4. The number of hydrogen-bond acceptors (Lipinski definition) is 11. The zero-order valence-electron chi connectivity index (χ0n) is 15.6. The molecule has 31 heavy (non-hydrogen) atoms. The molecular formula is C16H18N5O9P. The van der Waals surface area contributed by atoms with Crippen molar-refractivity contribution in [1.29, 1.82) is 0 Å². The van der Waals surface area contributed by atoms with Crippen LogP contribution < -0.4 is 10.5 Å². The summed E-state index contributed by atoms with van der Waals surface area (Å²) in [6, 6.07) is 7.71. The highest BCUT2D eigenvalue weighted by Crippen LogP contribution is 2.48. The fourth-order valence-electron chi connectivity index (χ4n) is 3.16. The van der Waals surface area contributed by atoms with Gasteiger partial charge in [0.1, 0.15) is 23.7 Å². The van der Waals surface area contributed by atoms with Gasteiger partial charge in [0, 0.05) is 0 Å². The van der Waals surface area contributed by atoms with Crippen molar-refractivity contribution in [3.05, 3.63) is 43.0 Å². The molecular weight excluding hydrogens is 437 g/mol. The first-order valence-electron chi connectivity index (χ1n) is 8.72. The van der Waals surface area contributed by atoms with Crippen LogP contribution in [0.3, 0.4) is 0 Å². The molecule has 1 aromatic carbocycles. The van der Waals surface area contributed by atoms with Gasteiger partial charge in [-0.2, -0.15) is 0 Å². The summed E-state index contributed by atoms with van der Waals surface area (Å²) in [4.78, 5) is 29.8. The normalized spacial score (nSPS) is 25.7. The maximum Gasteiger partial charge on any atom is 0.469 e. The molecule has 3 aromatic rings. The van der Waals surface area contributed by atoms with Crippen LogP contribution in [0.2, 0.25) is 0 Å². The fraction of sp³-hybridized carbons (Fsp3) is 0.312. The third kappa shape index (κ3) is 3.75. The van der Waals surface area contributed by atoms with Crippen LogP contribution in [-0.4, -0.2) is 68.9 Å². The molecule has 7 N–H and O–H groups in total. The van der Waals surface area contributed by atoms with Crippen molar-refractivity contribution in [2.24, 2.45) is 0 Å². The van der Waals surface area contributed by atoms with Gasteiger partial charge in [0.15, 0.2) is 11.5 Å². The molecule has 1 saturated heterocycles. The summed E-state index contributed by atoms with van der Waals surface area (Å²) in [5.74, 6) is -6.03. The highest BCUT2D eigenvalue weighted by Gasteiger charge is 2.70. The van der Waals surface area contributed by atoms with E-state index in [0.717, 1.165) is 17.2 Å². The average molecular weight is 455 g/mol. The first-order chi connectivity index (χ1) is 14.5. The van der Waals surface area contributed by atoms with Gasteiger partial charge in [-0.15, -0.1) is 0 Å². The lowest BCUT2D eigenvalue weighted by Crippen LogP contribution is -2.62. The van der Waals surface area contributed by atoms with Crippen molar-refractivity contribution in [3.63, 3.8) is 0 Å². The Kier molecular flexibility index (Phi) is 5.20. The quantitative estimate of drug-likeness (QED) is 0.192. The van der Waals surface area contributed by atoms with Gasteiger partial charge in [-0.1, -0.05) is 18.2 Å². The molecule has 0 unspecified atom stereocenters. The van der Waals surface area contributed by atoms with Crippen LogP contribution in [0.1, 0.15) is 6.23 Å². The molecule has 1 aliphatic heterocycles. The van der Waals surface area contributed by atoms with Crippen LogP contribution in [0.15, 0.2) is 43.0 Å². The molecule has 3 atom stereocenters. The maximum absolute atomic E-state index is 11.3. The summed E-state index contributed by atoms with van der Waals surface area (Å²) in [5.41, 5.74) is 5.98. The van der Waals surface area contributed by atoms with Crippen molar-refractivity contribution < 1.29 is 43.7 Å². The first-order valence-corrected chi connectivity index (χ1v) is 10.3. The van der Waals surface area contributed by atoms with Crippen LogP contribution in [0.5, 0.6) is 5.75 Å². The number of aliphatic hydroxyl groups is 3. The first kappa shape index (κ1) is 21.5. The molecule has 0 saturated carbocycles. The van der Waals surface area contributed by atoms with Crippen molar-refractivity contribution in [3.8, 4) is 5.75 Å². The Morgan fingerprint density at radius 1 is 1.16 bits per heavy atom. The van der Waals surface area contributed by atoms with E-state index in [1.165, 1.54) is 12.1 Å². The van der Waals surface area contributed by atoms with Crippen molar-refractivity contribution in [2.75, 3.05) is 12.3 Å². The Balaban J connectivity index is 1.80. The molecule has 2 aromatic heterocycles. The number of rotatable bonds is 6. The molecule has 1 fully saturated rings. The molecule has 3 heterocycles. The summed E-state index contributed by atoms with van der Waals surface area (Å²) >= 11 is 0. The number of benzene rings is 1. The van der Waals surface area contributed by atoms with Crippen LogP contribution in [0.25, 0.3) is 11.2 Å². The van der Waals surface area contributed by atoms with Gasteiger partial charge >= 0.3 is 13.6 Å². The Labute approximate surface area is 173 Å². The number of para-hydroxylation sites is 1. The summed E-state index contributed by atoms with van der Waals surface area (Å²) in [5, 5.41) is 32.8. The van der Waals surface area contributed by atoms with Crippen LogP contribution >= 0.6 is 7.82 Å². The highest BCUT2D eigenvalue weighted by molar-refractivity contribution is 7.46. The summed E-state index contributed by atoms with van der Waals surface area (Å²) < 4.78 is 27.6. The van der Waals surface area contributed by atoms with E-state index in [1.807, 2.05) is 0 Å². The second-order valence-corrected chi connectivity index (χ2v) is 7.92. The lowest BCUT2D eigenvalue weighted by molar-refractivity contribution is -0.342. The van der Waals surface area contributed by atoms with E-state index >= 15 is 0 Å². The van der Waals surface area contributed by atoms with Crippen molar-refractivity contribution in [1.82, 2.24) is 19.5 Å². The minimum absolute atomic E-state index is 0.0231.